The smallest absolute Gasteiger partial charge is 0.311 e. The highest BCUT2D eigenvalue weighted by atomic mass is 16.7. The molecule has 9 heteroatoms. The minimum Gasteiger partial charge on any atom is -0.455 e. The lowest BCUT2D eigenvalue weighted by atomic mass is 9.99. The van der Waals surface area contributed by atoms with Gasteiger partial charge in [-0.05, 0) is 6.07 Å². The summed E-state index contributed by atoms with van der Waals surface area (Å²) >= 11 is 0. The van der Waals surface area contributed by atoms with E-state index in [1.165, 1.54) is 24.3 Å². The first-order valence-electron chi connectivity index (χ1n) is 6.16. The molecule has 21 heavy (non-hydrogen) atoms. The number of aliphatic hydroxyl groups is 4. The van der Waals surface area contributed by atoms with Crippen molar-refractivity contribution < 1.29 is 34.8 Å². The molecule has 3 unspecified atom stereocenters. The van der Waals surface area contributed by atoms with Crippen molar-refractivity contribution in [1.82, 2.24) is 0 Å². The van der Waals surface area contributed by atoms with E-state index in [2.05, 4.69) is 0 Å². The Morgan fingerprint density at radius 1 is 1.19 bits per heavy atom. The van der Waals surface area contributed by atoms with E-state index < -0.39 is 42.2 Å². The number of hydrogen-bond acceptors (Lipinski definition) is 8. The lowest BCUT2D eigenvalue weighted by molar-refractivity contribution is -0.387. The van der Waals surface area contributed by atoms with Crippen LogP contribution in [-0.2, 0) is 4.74 Å². The summed E-state index contributed by atoms with van der Waals surface area (Å²) < 4.78 is 10.3. The van der Waals surface area contributed by atoms with Crippen LogP contribution in [0.15, 0.2) is 24.3 Å². The molecule has 4 N–H and O–H groups in total. The molecule has 1 saturated heterocycles. The third-order valence-electron chi connectivity index (χ3n) is 3.15. The maximum absolute atomic E-state index is 10.9. The van der Waals surface area contributed by atoms with Crippen LogP contribution in [0, 0.1) is 10.1 Å². The van der Waals surface area contributed by atoms with E-state index in [9.17, 15) is 25.4 Å². The maximum Gasteiger partial charge on any atom is 0.311 e. The van der Waals surface area contributed by atoms with Crippen LogP contribution in [0.1, 0.15) is 0 Å². The number of nitro groups is 1. The summed E-state index contributed by atoms with van der Waals surface area (Å²) in [5.41, 5.74) is -0.338. The van der Waals surface area contributed by atoms with Crippen molar-refractivity contribution in [3.63, 3.8) is 0 Å². The van der Waals surface area contributed by atoms with Crippen molar-refractivity contribution in [3.8, 4) is 5.75 Å². The van der Waals surface area contributed by atoms with Gasteiger partial charge < -0.3 is 29.9 Å². The highest BCUT2D eigenvalue weighted by molar-refractivity contribution is 5.45. The standard InChI is InChI=1S/C12H15NO8/c14-5-8-9(15)10(16)11(17)12(21-8)20-7-4-2-1-3-6(7)13(18)19/h1-4,8-12,14-17H,5H2/t8?,9-,10?,11?,12+/m0/s1. The molecule has 2 rings (SSSR count). The third-order valence-corrected chi connectivity index (χ3v) is 3.15. The van der Waals surface area contributed by atoms with Gasteiger partial charge >= 0.3 is 5.69 Å². The summed E-state index contributed by atoms with van der Waals surface area (Å²) in [5.74, 6) is -0.160. The molecule has 1 fully saturated rings. The van der Waals surface area contributed by atoms with E-state index in [4.69, 9.17) is 14.6 Å². The largest absolute Gasteiger partial charge is 0.455 e. The van der Waals surface area contributed by atoms with Crippen molar-refractivity contribution in [1.29, 1.82) is 0 Å². The van der Waals surface area contributed by atoms with Gasteiger partial charge in [-0.25, -0.2) is 0 Å². The highest BCUT2D eigenvalue weighted by Crippen LogP contribution is 2.30. The van der Waals surface area contributed by atoms with Gasteiger partial charge in [-0.15, -0.1) is 0 Å². The monoisotopic (exact) mass is 301 g/mol. The topological polar surface area (TPSA) is 143 Å². The Labute approximate surface area is 119 Å². The zero-order chi connectivity index (χ0) is 15.6. The van der Waals surface area contributed by atoms with Crippen molar-refractivity contribution in [2.45, 2.75) is 30.7 Å². The fourth-order valence-electron chi connectivity index (χ4n) is 2.00. The molecule has 0 aliphatic carbocycles. The second-order valence-electron chi connectivity index (χ2n) is 4.54. The summed E-state index contributed by atoms with van der Waals surface area (Å²) in [6.45, 7) is -0.609. The molecule has 0 bridgehead atoms. The van der Waals surface area contributed by atoms with Crippen LogP contribution in [0.3, 0.4) is 0 Å². The van der Waals surface area contributed by atoms with Crippen molar-refractivity contribution in [2.24, 2.45) is 0 Å². The predicted molar refractivity (Wildman–Crippen MR) is 67.5 cm³/mol. The number of aliphatic hydroxyl groups excluding tert-OH is 4. The highest BCUT2D eigenvalue weighted by Gasteiger charge is 2.45. The molecule has 0 aromatic heterocycles. The second-order valence-corrected chi connectivity index (χ2v) is 4.54. The fourth-order valence-corrected chi connectivity index (χ4v) is 2.00. The number of nitrogens with zero attached hydrogens (tertiary/aromatic N) is 1. The Bertz CT molecular complexity index is 508. The average Bonchev–Trinajstić information content (AvgIpc) is 2.48. The molecule has 1 aliphatic heterocycles. The minimum atomic E-state index is -1.62. The molecular weight excluding hydrogens is 286 g/mol. The first kappa shape index (κ1) is 15.6. The van der Waals surface area contributed by atoms with Crippen LogP contribution in [0.2, 0.25) is 0 Å². The average molecular weight is 301 g/mol. The number of benzene rings is 1. The molecule has 0 amide bonds. The Kier molecular flexibility index (Phi) is 4.70. The molecule has 1 aliphatic rings. The Balaban J connectivity index is 2.20. The van der Waals surface area contributed by atoms with Gasteiger partial charge in [-0.2, -0.15) is 0 Å². The third kappa shape index (κ3) is 3.12. The fraction of sp³-hybridized carbons (Fsp3) is 0.500. The van der Waals surface area contributed by atoms with Gasteiger partial charge in [-0.3, -0.25) is 10.1 Å². The van der Waals surface area contributed by atoms with Crippen molar-refractivity contribution in [3.05, 3.63) is 34.4 Å². The maximum atomic E-state index is 10.9. The lowest BCUT2D eigenvalue weighted by Gasteiger charge is -2.39. The zero-order valence-electron chi connectivity index (χ0n) is 10.8. The quantitative estimate of drug-likeness (QED) is 0.400. The van der Waals surface area contributed by atoms with Crippen LogP contribution in [0.4, 0.5) is 5.69 Å². The van der Waals surface area contributed by atoms with E-state index in [-0.39, 0.29) is 11.4 Å². The van der Waals surface area contributed by atoms with Crippen LogP contribution in [0.25, 0.3) is 0 Å². The summed E-state index contributed by atoms with van der Waals surface area (Å²) in [6.07, 6.45) is -7.35. The molecule has 0 spiro atoms. The first-order valence-corrected chi connectivity index (χ1v) is 6.16. The zero-order valence-corrected chi connectivity index (χ0v) is 10.8. The summed E-state index contributed by atoms with van der Waals surface area (Å²) in [7, 11) is 0. The summed E-state index contributed by atoms with van der Waals surface area (Å²) in [6, 6.07) is 5.45. The molecule has 1 aromatic carbocycles. The van der Waals surface area contributed by atoms with Crippen LogP contribution >= 0.6 is 0 Å². The molecule has 0 radical (unpaired) electrons. The molecule has 9 nitrogen and oxygen atoms in total. The number of para-hydroxylation sites is 2. The SMILES string of the molecule is O=[N+]([O-])c1ccccc1O[C@@H]1OC(CO)[C@H](O)C(O)C1O. The molecule has 1 heterocycles. The van der Waals surface area contributed by atoms with Crippen molar-refractivity contribution in [2.75, 3.05) is 6.61 Å². The first-order chi connectivity index (χ1) is 9.95. The molecule has 116 valence electrons. The summed E-state index contributed by atoms with van der Waals surface area (Å²) in [4.78, 5) is 10.2. The van der Waals surface area contributed by atoms with Gasteiger partial charge in [0, 0.05) is 6.07 Å². The van der Waals surface area contributed by atoms with Gasteiger partial charge in [0.15, 0.2) is 5.75 Å². The Hall–Kier alpha value is -1.78. The molecular formula is C12H15NO8. The normalized spacial score (nSPS) is 32.7. The van der Waals surface area contributed by atoms with Crippen LogP contribution in [-0.4, -0.2) is 62.7 Å². The van der Waals surface area contributed by atoms with E-state index in [1.54, 1.807) is 0 Å². The number of hydrogen-bond donors (Lipinski definition) is 4. The van der Waals surface area contributed by atoms with Gasteiger partial charge in [0.1, 0.15) is 24.4 Å². The van der Waals surface area contributed by atoms with Crippen LogP contribution in [0.5, 0.6) is 5.75 Å². The van der Waals surface area contributed by atoms with Gasteiger partial charge in [0.2, 0.25) is 6.29 Å². The van der Waals surface area contributed by atoms with Crippen LogP contribution < -0.4 is 4.74 Å². The molecule has 0 saturated carbocycles. The number of rotatable bonds is 4. The van der Waals surface area contributed by atoms with Gasteiger partial charge in [0.25, 0.3) is 0 Å². The van der Waals surface area contributed by atoms with Gasteiger partial charge in [0.05, 0.1) is 11.5 Å². The second kappa shape index (κ2) is 6.33. The van der Waals surface area contributed by atoms with E-state index in [1.807, 2.05) is 0 Å². The van der Waals surface area contributed by atoms with E-state index in [0.717, 1.165) is 0 Å². The Morgan fingerprint density at radius 3 is 2.48 bits per heavy atom. The van der Waals surface area contributed by atoms with E-state index in [0.29, 0.717) is 0 Å². The molecule has 5 atom stereocenters. The lowest BCUT2D eigenvalue weighted by Crippen LogP contribution is -2.60. The van der Waals surface area contributed by atoms with Gasteiger partial charge in [-0.1, -0.05) is 12.1 Å². The van der Waals surface area contributed by atoms with E-state index >= 15 is 0 Å². The predicted octanol–water partition coefficient (Wildman–Crippen LogP) is -1.23. The molecule has 1 aromatic rings. The minimum absolute atomic E-state index is 0.160. The number of ether oxygens (including phenoxy) is 2. The van der Waals surface area contributed by atoms with Crippen molar-refractivity contribution >= 4 is 5.69 Å². The summed E-state index contributed by atoms with van der Waals surface area (Å²) in [5, 5.41) is 49.0. The Morgan fingerprint density at radius 2 is 1.86 bits per heavy atom. The number of nitro benzene ring substituents is 1.